The number of aromatic carboxylic acids is 1. The van der Waals surface area contributed by atoms with Gasteiger partial charge in [0.05, 0.1) is 5.39 Å². The van der Waals surface area contributed by atoms with Crippen LogP contribution in [0.5, 0.6) is 0 Å². The van der Waals surface area contributed by atoms with Crippen molar-refractivity contribution in [3.05, 3.63) is 50.3 Å². The molecule has 0 bridgehead atoms. The van der Waals surface area contributed by atoms with Crippen LogP contribution in [0, 0.1) is 6.92 Å². The summed E-state index contributed by atoms with van der Waals surface area (Å²) in [5, 5.41) is 12.7. The average Bonchev–Trinajstić information content (AvgIpc) is 2.41. The molecule has 102 valence electrons. The van der Waals surface area contributed by atoms with Gasteiger partial charge in [0.2, 0.25) is 5.43 Å². The molecule has 0 saturated heterocycles. The second-order valence-electron chi connectivity index (χ2n) is 4.15. The van der Waals surface area contributed by atoms with E-state index in [4.69, 9.17) is 10.6 Å². The van der Waals surface area contributed by atoms with E-state index in [0.29, 0.717) is 11.3 Å². The predicted molar refractivity (Wildman–Crippen MR) is 71.7 cm³/mol. The third kappa shape index (κ3) is 2.45. The Kier molecular flexibility index (Phi) is 3.67. The quantitative estimate of drug-likeness (QED) is 0.517. The Labute approximate surface area is 112 Å². The average molecular weight is 273 g/mol. The molecule has 0 unspecified atom stereocenters. The Morgan fingerprint density at radius 2 is 2.30 bits per heavy atom. The van der Waals surface area contributed by atoms with E-state index in [1.165, 1.54) is 10.8 Å². The van der Waals surface area contributed by atoms with E-state index in [1.54, 1.807) is 19.1 Å². The molecule has 0 fully saturated rings. The molecule has 1 N–H and O–H groups in total. The summed E-state index contributed by atoms with van der Waals surface area (Å²) in [6.45, 7) is 2.16. The minimum Gasteiger partial charge on any atom is -0.477 e. The van der Waals surface area contributed by atoms with Gasteiger partial charge in [-0.3, -0.25) is 4.79 Å². The minimum atomic E-state index is -1.30. The summed E-state index contributed by atoms with van der Waals surface area (Å²) in [6.07, 6.45) is 1.23. The van der Waals surface area contributed by atoms with Crippen LogP contribution in [0.2, 0.25) is 0 Å². The molecule has 2 heterocycles. The van der Waals surface area contributed by atoms with Gasteiger partial charge in [-0.15, -0.1) is 0 Å². The van der Waals surface area contributed by atoms with Crippen LogP contribution in [0.1, 0.15) is 16.1 Å². The largest absolute Gasteiger partial charge is 0.477 e. The third-order valence-corrected chi connectivity index (χ3v) is 2.80. The molecule has 0 saturated carbocycles. The summed E-state index contributed by atoms with van der Waals surface area (Å²) in [5.41, 5.74) is 8.47. The van der Waals surface area contributed by atoms with Gasteiger partial charge < -0.3 is 9.67 Å². The zero-order chi connectivity index (χ0) is 14.7. The van der Waals surface area contributed by atoms with Gasteiger partial charge in [-0.25, -0.2) is 9.78 Å². The van der Waals surface area contributed by atoms with Crippen molar-refractivity contribution >= 4 is 17.0 Å². The second-order valence-corrected chi connectivity index (χ2v) is 4.15. The first-order chi connectivity index (χ1) is 9.54. The van der Waals surface area contributed by atoms with E-state index in [0.717, 1.165) is 0 Å². The van der Waals surface area contributed by atoms with Crippen LogP contribution in [0.3, 0.4) is 0 Å². The molecule has 0 radical (unpaired) electrons. The molecule has 8 heteroatoms. The highest BCUT2D eigenvalue weighted by molar-refractivity contribution is 5.91. The smallest absolute Gasteiger partial charge is 0.341 e. The fourth-order valence-electron chi connectivity index (χ4n) is 1.88. The SMILES string of the molecule is Cc1ccc2c(=O)c(C(=O)O)cn(CCN=[N+]=[N-])c2n1. The number of pyridine rings is 2. The highest BCUT2D eigenvalue weighted by atomic mass is 16.4. The minimum absolute atomic E-state index is 0.142. The number of carbonyl (C=O) groups is 1. The number of carboxylic acid groups (broad SMARTS) is 1. The summed E-state index contributed by atoms with van der Waals surface area (Å²) >= 11 is 0. The lowest BCUT2D eigenvalue weighted by Gasteiger charge is -2.10. The molecule has 0 aliphatic heterocycles. The molecule has 2 rings (SSSR count). The molecule has 20 heavy (non-hydrogen) atoms. The van der Waals surface area contributed by atoms with Crippen molar-refractivity contribution < 1.29 is 9.90 Å². The van der Waals surface area contributed by atoms with Crippen LogP contribution >= 0.6 is 0 Å². The molecule has 0 aliphatic rings. The Morgan fingerprint density at radius 3 is 2.95 bits per heavy atom. The number of hydrogen-bond donors (Lipinski definition) is 1. The first-order valence-electron chi connectivity index (χ1n) is 5.79. The van der Waals surface area contributed by atoms with Crippen LogP contribution in [0.15, 0.2) is 28.2 Å². The van der Waals surface area contributed by atoms with Gasteiger partial charge in [0.1, 0.15) is 11.2 Å². The number of nitrogens with zero attached hydrogens (tertiary/aromatic N) is 5. The van der Waals surface area contributed by atoms with Crippen molar-refractivity contribution in [2.75, 3.05) is 6.54 Å². The van der Waals surface area contributed by atoms with Gasteiger partial charge in [-0.1, -0.05) is 5.11 Å². The van der Waals surface area contributed by atoms with Gasteiger partial charge in [0, 0.05) is 29.9 Å². The first kappa shape index (κ1) is 13.6. The van der Waals surface area contributed by atoms with Crippen molar-refractivity contribution in [2.24, 2.45) is 5.11 Å². The number of carboxylic acids is 1. The molecule has 0 aliphatic carbocycles. The van der Waals surface area contributed by atoms with Crippen LogP contribution in [0.4, 0.5) is 0 Å². The van der Waals surface area contributed by atoms with Gasteiger partial charge in [-0.2, -0.15) is 0 Å². The number of fused-ring (bicyclic) bond motifs is 1. The zero-order valence-electron chi connectivity index (χ0n) is 10.6. The van der Waals surface area contributed by atoms with Crippen LogP contribution in [-0.4, -0.2) is 27.2 Å². The lowest BCUT2D eigenvalue weighted by molar-refractivity contribution is 0.0695. The van der Waals surface area contributed by atoms with Crippen LogP contribution in [0.25, 0.3) is 21.5 Å². The predicted octanol–water partition coefficient (Wildman–Crippen LogP) is 1.71. The first-order valence-corrected chi connectivity index (χ1v) is 5.79. The molecule has 8 nitrogen and oxygen atoms in total. The number of hydrogen-bond acceptors (Lipinski definition) is 4. The van der Waals surface area contributed by atoms with Crippen molar-refractivity contribution in [3.8, 4) is 0 Å². The zero-order valence-corrected chi connectivity index (χ0v) is 10.6. The third-order valence-electron chi connectivity index (χ3n) is 2.80. The molecule has 0 atom stereocenters. The highest BCUT2D eigenvalue weighted by Gasteiger charge is 2.15. The summed E-state index contributed by atoms with van der Waals surface area (Å²) in [4.78, 5) is 30.0. The van der Waals surface area contributed by atoms with Crippen LogP contribution in [-0.2, 0) is 6.54 Å². The fourth-order valence-corrected chi connectivity index (χ4v) is 1.88. The summed E-state index contributed by atoms with van der Waals surface area (Å²) in [5.74, 6) is -1.30. The Morgan fingerprint density at radius 1 is 1.55 bits per heavy atom. The van der Waals surface area contributed by atoms with Gasteiger partial charge in [0.15, 0.2) is 0 Å². The maximum atomic E-state index is 12.0. The van der Waals surface area contributed by atoms with E-state index in [-0.39, 0.29) is 24.0 Å². The molecular formula is C12H11N5O3. The number of rotatable bonds is 4. The number of aryl methyl sites for hydroxylation is 1. The van der Waals surface area contributed by atoms with E-state index in [1.807, 2.05) is 0 Å². The Bertz CT molecular complexity index is 790. The summed E-state index contributed by atoms with van der Waals surface area (Å²) < 4.78 is 1.52. The number of azide groups is 1. The van der Waals surface area contributed by atoms with Crippen molar-refractivity contribution in [3.63, 3.8) is 0 Å². The molecule has 0 aromatic carbocycles. The van der Waals surface area contributed by atoms with E-state index >= 15 is 0 Å². The molecule has 2 aromatic heterocycles. The monoisotopic (exact) mass is 273 g/mol. The lowest BCUT2D eigenvalue weighted by atomic mass is 10.2. The highest BCUT2D eigenvalue weighted by Crippen LogP contribution is 2.11. The van der Waals surface area contributed by atoms with Crippen molar-refractivity contribution in [1.29, 1.82) is 0 Å². The lowest BCUT2D eigenvalue weighted by Crippen LogP contribution is -2.20. The van der Waals surface area contributed by atoms with Gasteiger partial charge in [-0.05, 0) is 24.6 Å². The van der Waals surface area contributed by atoms with Crippen LogP contribution < -0.4 is 5.43 Å². The summed E-state index contributed by atoms with van der Waals surface area (Å²) in [7, 11) is 0. The topological polar surface area (TPSA) is 121 Å². The second kappa shape index (κ2) is 5.41. The summed E-state index contributed by atoms with van der Waals surface area (Å²) in [6, 6.07) is 3.20. The van der Waals surface area contributed by atoms with Gasteiger partial charge in [0.25, 0.3) is 0 Å². The maximum absolute atomic E-state index is 12.0. The van der Waals surface area contributed by atoms with E-state index < -0.39 is 11.4 Å². The standard InChI is InChI=1S/C12H11N5O3/c1-7-2-3-8-10(18)9(12(19)20)6-17(11(8)15-7)5-4-14-16-13/h2-3,6H,4-5H2,1H3,(H,19,20). The number of aromatic nitrogens is 2. The van der Waals surface area contributed by atoms with E-state index in [9.17, 15) is 9.59 Å². The molecule has 2 aromatic rings. The van der Waals surface area contributed by atoms with E-state index in [2.05, 4.69) is 15.0 Å². The van der Waals surface area contributed by atoms with Gasteiger partial charge >= 0.3 is 5.97 Å². The maximum Gasteiger partial charge on any atom is 0.341 e. The molecular weight excluding hydrogens is 262 g/mol. The molecule has 0 spiro atoms. The van der Waals surface area contributed by atoms with Crippen molar-refractivity contribution in [1.82, 2.24) is 9.55 Å². The molecule has 0 amide bonds. The Hall–Kier alpha value is -2.86. The van der Waals surface area contributed by atoms with Crippen molar-refractivity contribution in [2.45, 2.75) is 13.5 Å². The normalized spacial score (nSPS) is 10.2. The fraction of sp³-hybridized carbons (Fsp3) is 0.250. The Balaban J connectivity index is 2.72.